The first-order chi connectivity index (χ1) is 9.61. The smallest absolute Gasteiger partial charge is 0.134 e. The summed E-state index contributed by atoms with van der Waals surface area (Å²) < 4.78 is 0. The van der Waals surface area contributed by atoms with E-state index in [4.69, 9.17) is 0 Å². The number of hydrogen-bond donors (Lipinski definition) is 3. The number of aromatic nitrogens is 2. The van der Waals surface area contributed by atoms with Crippen molar-refractivity contribution < 1.29 is 5.11 Å². The molecule has 0 spiro atoms. The van der Waals surface area contributed by atoms with Crippen molar-refractivity contribution in [1.29, 1.82) is 0 Å². The van der Waals surface area contributed by atoms with Gasteiger partial charge in [-0.1, -0.05) is 13.3 Å². The van der Waals surface area contributed by atoms with Gasteiger partial charge in [-0.3, -0.25) is 0 Å². The summed E-state index contributed by atoms with van der Waals surface area (Å²) in [7, 11) is 0. The van der Waals surface area contributed by atoms with Crippen LogP contribution in [0.15, 0.2) is 0 Å². The number of aryl methyl sites for hydroxylation is 1. The lowest BCUT2D eigenvalue weighted by atomic mass is 10.1. The van der Waals surface area contributed by atoms with Crippen LogP contribution in [0.25, 0.3) is 0 Å². The van der Waals surface area contributed by atoms with Gasteiger partial charge in [-0.2, -0.15) is 0 Å². The Balaban J connectivity index is 2.04. The topological polar surface area (TPSA) is 70.1 Å². The van der Waals surface area contributed by atoms with Crippen molar-refractivity contribution in [3.63, 3.8) is 0 Å². The Bertz CT molecular complexity index is 450. The number of hydrogen-bond acceptors (Lipinski definition) is 5. The SMILES string of the molecule is CCCNc1nc(C)nc(NCC2CCCC2O)c1C. The van der Waals surface area contributed by atoms with Crippen molar-refractivity contribution in [2.75, 3.05) is 23.7 Å². The fourth-order valence-corrected chi connectivity index (χ4v) is 2.70. The molecule has 1 fully saturated rings. The molecule has 0 aliphatic heterocycles. The van der Waals surface area contributed by atoms with Crippen LogP contribution in [0, 0.1) is 19.8 Å². The van der Waals surface area contributed by atoms with E-state index < -0.39 is 0 Å². The maximum atomic E-state index is 9.88. The Hall–Kier alpha value is -1.36. The van der Waals surface area contributed by atoms with E-state index in [1.165, 1.54) is 0 Å². The van der Waals surface area contributed by atoms with Crippen LogP contribution in [0.5, 0.6) is 0 Å². The second-order valence-corrected chi connectivity index (χ2v) is 5.66. The van der Waals surface area contributed by atoms with Crippen LogP contribution in [-0.2, 0) is 0 Å². The molecule has 2 atom stereocenters. The van der Waals surface area contributed by atoms with E-state index in [1.54, 1.807) is 0 Å². The quantitative estimate of drug-likeness (QED) is 0.746. The number of anilines is 2. The minimum Gasteiger partial charge on any atom is -0.393 e. The fourth-order valence-electron chi connectivity index (χ4n) is 2.70. The third kappa shape index (κ3) is 3.60. The molecule has 0 radical (unpaired) electrons. The Morgan fingerprint density at radius 1 is 1.15 bits per heavy atom. The van der Waals surface area contributed by atoms with Crippen molar-refractivity contribution in [2.45, 2.75) is 52.6 Å². The second-order valence-electron chi connectivity index (χ2n) is 5.66. The zero-order valence-electron chi connectivity index (χ0n) is 12.7. The number of nitrogens with one attached hydrogen (secondary N) is 2. The molecule has 0 saturated heterocycles. The molecule has 1 aromatic rings. The van der Waals surface area contributed by atoms with Crippen LogP contribution >= 0.6 is 0 Å². The van der Waals surface area contributed by atoms with Gasteiger partial charge in [-0.15, -0.1) is 0 Å². The number of aliphatic hydroxyl groups is 1. The zero-order valence-corrected chi connectivity index (χ0v) is 12.7. The van der Waals surface area contributed by atoms with Crippen molar-refractivity contribution in [3.8, 4) is 0 Å². The first kappa shape index (κ1) is 15.0. The third-order valence-corrected chi connectivity index (χ3v) is 3.95. The van der Waals surface area contributed by atoms with Gasteiger partial charge in [0.15, 0.2) is 0 Å². The predicted octanol–water partition coefficient (Wildman–Crippen LogP) is 2.49. The molecule has 112 valence electrons. The van der Waals surface area contributed by atoms with Gasteiger partial charge in [-0.25, -0.2) is 9.97 Å². The first-order valence-corrected chi connectivity index (χ1v) is 7.62. The largest absolute Gasteiger partial charge is 0.393 e. The minimum absolute atomic E-state index is 0.163. The molecule has 1 aliphatic rings. The van der Waals surface area contributed by atoms with E-state index >= 15 is 0 Å². The highest BCUT2D eigenvalue weighted by Gasteiger charge is 2.25. The van der Waals surface area contributed by atoms with Crippen molar-refractivity contribution in [3.05, 3.63) is 11.4 Å². The Morgan fingerprint density at radius 3 is 2.45 bits per heavy atom. The summed E-state index contributed by atoms with van der Waals surface area (Å²) >= 11 is 0. The normalized spacial score (nSPS) is 22.0. The molecule has 2 rings (SSSR count). The van der Waals surface area contributed by atoms with Crippen LogP contribution in [-0.4, -0.2) is 34.3 Å². The predicted molar refractivity (Wildman–Crippen MR) is 82.1 cm³/mol. The maximum Gasteiger partial charge on any atom is 0.134 e. The minimum atomic E-state index is -0.163. The zero-order chi connectivity index (χ0) is 14.5. The summed E-state index contributed by atoms with van der Waals surface area (Å²) in [5, 5.41) is 16.6. The monoisotopic (exact) mass is 278 g/mol. The molecule has 1 saturated carbocycles. The van der Waals surface area contributed by atoms with E-state index in [1.807, 2.05) is 13.8 Å². The number of rotatable bonds is 6. The van der Waals surface area contributed by atoms with Gasteiger partial charge in [0.25, 0.3) is 0 Å². The summed E-state index contributed by atoms with van der Waals surface area (Å²) in [6.07, 6.45) is 4.05. The Labute approximate surface area is 121 Å². The molecule has 5 heteroatoms. The van der Waals surface area contributed by atoms with E-state index in [-0.39, 0.29) is 6.10 Å². The molecule has 1 aliphatic carbocycles. The van der Waals surface area contributed by atoms with Gasteiger partial charge in [0.2, 0.25) is 0 Å². The van der Waals surface area contributed by atoms with Crippen LogP contribution in [0.1, 0.15) is 44.0 Å². The van der Waals surface area contributed by atoms with Crippen molar-refractivity contribution >= 4 is 11.6 Å². The van der Waals surface area contributed by atoms with Crippen molar-refractivity contribution in [2.24, 2.45) is 5.92 Å². The standard InChI is InChI=1S/C15H26N4O/c1-4-8-16-14-10(2)15(19-11(3)18-14)17-9-12-6-5-7-13(12)20/h12-13,20H,4-9H2,1-3H3,(H2,16,17,18,19). The summed E-state index contributed by atoms with van der Waals surface area (Å²) in [4.78, 5) is 8.94. The molecular weight excluding hydrogens is 252 g/mol. The molecule has 0 aromatic carbocycles. The molecule has 1 heterocycles. The van der Waals surface area contributed by atoms with Gasteiger partial charge in [0.1, 0.15) is 17.5 Å². The van der Waals surface area contributed by atoms with Gasteiger partial charge in [-0.05, 0) is 33.1 Å². The Kier molecular flexibility index (Phi) is 5.17. The summed E-state index contributed by atoms with van der Waals surface area (Å²) in [6, 6.07) is 0. The average molecular weight is 278 g/mol. The lowest BCUT2D eigenvalue weighted by Crippen LogP contribution is -2.23. The lowest BCUT2D eigenvalue weighted by Gasteiger charge is -2.18. The summed E-state index contributed by atoms with van der Waals surface area (Å²) in [6.45, 7) is 7.78. The summed E-state index contributed by atoms with van der Waals surface area (Å²) in [5.41, 5.74) is 1.05. The molecular formula is C15H26N4O. The third-order valence-electron chi connectivity index (χ3n) is 3.95. The van der Waals surface area contributed by atoms with E-state index in [0.29, 0.717) is 5.92 Å². The Morgan fingerprint density at radius 2 is 1.85 bits per heavy atom. The first-order valence-electron chi connectivity index (χ1n) is 7.62. The number of nitrogens with zero attached hydrogens (tertiary/aromatic N) is 2. The van der Waals surface area contributed by atoms with E-state index in [2.05, 4.69) is 27.5 Å². The molecule has 0 amide bonds. The van der Waals surface area contributed by atoms with Crippen LogP contribution in [0.2, 0.25) is 0 Å². The maximum absolute atomic E-state index is 9.88. The van der Waals surface area contributed by atoms with Crippen LogP contribution in [0.3, 0.4) is 0 Å². The molecule has 1 aromatic heterocycles. The number of aliphatic hydroxyl groups excluding tert-OH is 1. The van der Waals surface area contributed by atoms with Gasteiger partial charge >= 0.3 is 0 Å². The fraction of sp³-hybridized carbons (Fsp3) is 0.733. The molecule has 5 nitrogen and oxygen atoms in total. The van der Waals surface area contributed by atoms with Crippen LogP contribution < -0.4 is 10.6 Å². The highest BCUT2D eigenvalue weighted by molar-refractivity contribution is 5.57. The highest BCUT2D eigenvalue weighted by atomic mass is 16.3. The summed E-state index contributed by atoms with van der Waals surface area (Å²) in [5.74, 6) is 2.91. The molecule has 0 bridgehead atoms. The van der Waals surface area contributed by atoms with Gasteiger partial charge in [0.05, 0.1) is 6.10 Å². The highest BCUT2D eigenvalue weighted by Crippen LogP contribution is 2.27. The van der Waals surface area contributed by atoms with E-state index in [0.717, 1.165) is 61.8 Å². The van der Waals surface area contributed by atoms with E-state index in [9.17, 15) is 5.11 Å². The van der Waals surface area contributed by atoms with Gasteiger partial charge in [0, 0.05) is 24.6 Å². The average Bonchev–Trinajstić information content (AvgIpc) is 2.83. The molecule has 3 N–H and O–H groups in total. The lowest BCUT2D eigenvalue weighted by molar-refractivity contribution is 0.138. The molecule has 2 unspecified atom stereocenters. The van der Waals surface area contributed by atoms with Gasteiger partial charge < -0.3 is 15.7 Å². The van der Waals surface area contributed by atoms with Crippen molar-refractivity contribution in [1.82, 2.24) is 9.97 Å². The van der Waals surface area contributed by atoms with Crippen LogP contribution in [0.4, 0.5) is 11.6 Å². The second kappa shape index (κ2) is 6.88. The molecule has 20 heavy (non-hydrogen) atoms.